The molecular weight excluding hydrogens is 623 g/mol. The number of hydrogen-bond donors (Lipinski definition) is 2. The van der Waals surface area contributed by atoms with Crippen LogP contribution in [0.1, 0.15) is 169 Å². The van der Waals surface area contributed by atoms with E-state index in [4.69, 9.17) is 9.98 Å². The van der Waals surface area contributed by atoms with E-state index >= 15 is 0 Å². The van der Waals surface area contributed by atoms with Crippen LogP contribution in [-0.4, -0.2) is 34.7 Å². The summed E-state index contributed by atoms with van der Waals surface area (Å²) in [5.74, 6) is 0.668. The normalized spacial score (nSPS) is 14.8. The Morgan fingerprint density at radius 2 is 1.02 bits per heavy atom. The van der Waals surface area contributed by atoms with Crippen molar-refractivity contribution in [2.24, 2.45) is 15.4 Å². The molecule has 1 aliphatic carbocycles. The summed E-state index contributed by atoms with van der Waals surface area (Å²) in [5.41, 5.74) is 6.12. The van der Waals surface area contributed by atoms with Crippen LogP contribution in [0.2, 0.25) is 0 Å². The minimum atomic E-state index is -0.282. The van der Waals surface area contributed by atoms with E-state index in [1.54, 1.807) is 0 Å². The van der Waals surface area contributed by atoms with Gasteiger partial charge in [0.2, 0.25) is 0 Å². The maximum Gasteiger partial charge on any atom is 0.127 e. The van der Waals surface area contributed by atoms with Gasteiger partial charge in [0.1, 0.15) is 11.5 Å². The zero-order valence-corrected chi connectivity index (χ0v) is 34.0. The molecule has 4 nitrogen and oxygen atoms in total. The quantitative estimate of drug-likeness (QED) is 0.224. The van der Waals surface area contributed by atoms with Crippen molar-refractivity contribution in [2.45, 2.75) is 165 Å². The molecule has 0 saturated heterocycles. The number of phenolic OH excluding ortho intramolecular Hbond substituents is 2. The van der Waals surface area contributed by atoms with Gasteiger partial charge in [-0.25, -0.2) is 0 Å². The number of aliphatic imine (C=N–C) groups is 2. The second kappa shape index (κ2) is 20.4. The number of phenols is 2. The van der Waals surface area contributed by atoms with Gasteiger partial charge in [0.05, 0.1) is 12.1 Å². The number of aromatic hydroxyl groups is 2. The largest absolute Gasteiger partial charge is 0.507 e. The predicted molar refractivity (Wildman–Crippen MR) is 206 cm³/mol. The van der Waals surface area contributed by atoms with Crippen LogP contribution in [0.15, 0.2) is 34.3 Å². The van der Waals surface area contributed by atoms with Gasteiger partial charge in [-0.2, -0.15) is 0 Å². The first-order valence-electron chi connectivity index (χ1n) is 17.5. The van der Waals surface area contributed by atoms with Crippen molar-refractivity contribution >= 4 is 12.4 Å². The van der Waals surface area contributed by atoms with E-state index in [0.29, 0.717) is 23.5 Å². The minimum absolute atomic E-state index is 0. The summed E-state index contributed by atoms with van der Waals surface area (Å²) in [5, 5.41) is 21.8. The molecule has 0 amide bonds. The van der Waals surface area contributed by atoms with Crippen LogP contribution in [0.25, 0.3) is 0 Å². The summed E-state index contributed by atoms with van der Waals surface area (Å²) in [6.45, 7) is 30.9. The molecule has 0 atom stereocenters. The second-order valence-corrected chi connectivity index (χ2v) is 16.6. The smallest absolute Gasteiger partial charge is 0.127 e. The third-order valence-electron chi connectivity index (χ3n) is 7.81. The van der Waals surface area contributed by atoms with Crippen LogP contribution >= 0.6 is 0 Å². The van der Waals surface area contributed by atoms with Crippen LogP contribution < -0.4 is 0 Å². The van der Waals surface area contributed by atoms with E-state index in [9.17, 15) is 10.2 Å². The van der Waals surface area contributed by atoms with Crippen molar-refractivity contribution < 1.29 is 27.0 Å². The van der Waals surface area contributed by atoms with Crippen molar-refractivity contribution in [3.8, 4) is 11.5 Å². The van der Waals surface area contributed by atoms with Crippen LogP contribution in [0.3, 0.4) is 0 Å². The van der Waals surface area contributed by atoms with E-state index in [1.165, 1.54) is 24.0 Å². The number of aryl methyl sites for hydroxylation is 2. The van der Waals surface area contributed by atoms with Gasteiger partial charge in [0.25, 0.3) is 0 Å². The van der Waals surface area contributed by atoms with Gasteiger partial charge in [-0.15, -0.1) is 0 Å². The zero-order valence-electron chi connectivity index (χ0n) is 33.0. The third-order valence-corrected chi connectivity index (χ3v) is 7.81. The molecule has 47 heavy (non-hydrogen) atoms. The van der Waals surface area contributed by atoms with Gasteiger partial charge in [0.15, 0.2) is 0 Å². The summed E-state index contributed by atoms with van der Waals surface area (Å²) in [6.07, 6.45) is 12.0. The Labute approximate surface area is 301 Å². The first-order chi connectivity index (χ1) is 20.7. The molecular formula is C42H71CoN2O2-. The molecule has 0 aliphatic heterocycles. The molecule has 0 bridgehead atoms. The fraction of sp³-hybridized carbons (Fsp3) is 0.643. The van der Waals surface area contributed by atoms with Gasteiger partial charge in [-0.1, -0.05) is 135 Å². The fourth-order valence-electron chi connectivity index (χ4n) is 5.10. The molecule has 0 heterocycles. The predicted octanol–water partition coefficient (Wildman–Crippen LogP) is 12.0. The number of benzene rings is 2. The molecule has 0 aromatic heterocycles. The Balaban J connectivity index is 0. The van der Waals surface area contributed by atoms with Crippen LogP contribution in [-0.2, 0) is 40.5 Å². The molecule has 3 rings (SSSR count). The Morgan fingerprint density at radius 1 is 0.660 bits per heavy atom. The Hall–Kier alpha value is -2.11. The monoisotopic (exact) mass is 694 g/mol. The Morgan fingerprint density at radius 3 is 1.36 bits per heavy atom. The first-order valence-corrected chi connectivity index (χ1v) is 17.5. The summed E-state index contributed by atoms with van der Waals surface area (Å²) in [7, 11) is 0. The second-order valence-electron chi connectivity index (χ2n) is 16.6. The molecule has 1 radical (unpaired) electrons. The molecule has 1 fully saturated rings. The minimum Gasteiger partial charge on any atom is -0.507 e. The average Bonchev–Trinajstić information content (AvgIpc) is 2.92. The Bertz CT molecular complexity index is 1250. The summed E-state index contributed by atoms with van der Waals surface area (Å²) in [4.78, 5) is 9.99. The van der Waals surface area contributed by atoms with Gasteiger partial charge in [0, 0.05) is 40.3 Å². The van der Waals surface area contributed by atoms with Crippen LogP contribution in [0.4, 0.5) is 0 Å². The van der Waals surface area contributed by atoms with E-state index < -0.39 is 0 Å². The summed E-state index contributed by atoms with van der Waals surface area (Å²) >= 11 is 0. The molecule has 0 unspecified atom stereocenters. The van der Waals surface area contributed by atoms with Crippen molar-refractivity contribution in [2.75, 3.05) is 6.54 Å². The maximum atomic E-state index is 10.9. The molecule has 1 saturated carbocycles. The van der Waals surface area contributed by atoms with Gasteiger partial charge < -0.3 is 17.6 Å². The van der Waals surface area contributed by atoms with E-state index in [-0.39, 0.29) is 40.6 Å². The van der Waals surface area contributed by atoms with Crippen molar-refractivity contribution in [3.63, 3.8) is 0 Å². The first kappa shape index (κ1) is 47.0. The molecule has 2 aromatic carbocycles. The number of nitrogens with zero attached hydrogens (tertiary/aromatic N) is 2. The maximum absolute atomic E-state index is 10.9. The Kier molecular flexibility index (Phi) is 20.4. The standard InChI is InChI=1S/C33H48N2O2.C5H12.C3H8.CH3.Co/c1-9-23-16-27(31(3,4)5)18-25(29(23)36)20-34-22-33(14-12-11-13-15-33)35-21-26-19-28(32(6,7)8)17-24(10-2)30(26)37;1-5(2,3)4;1-3-2;;/h16-21,36-37H,9-15,22H2,1-8H3;1-4H3;3H2,1-2H3;1H3;/q;;;-1;. The van der Waals surface area contributed by atoms with Gasteiger partial charge >= 0.3 is 0 Å². The number of rotatable bonds is 7. The van der Waals surface area contributed by atoms with E-state index in [0.717, 1.165) is 60.8 Å². The van der Waals surface area contributed by atoms with Gasteiger partial charge in [-0.05, 0) is 76.3 Å². The van der Waals surface area contributed by atoms with Crippen molar-refractivity contribution in [1.29, 1.82) is 0 Å². The van der Waals surface area contributed by atoms with Gasteiger partial charge in [-0.3, -0.25) is 9.98 Å². The summed E-state index contributed by atoms with van der Waals surface area (Å²) < 4.78 is 0. The topological polar surface area (TPSA) is 65.2 Å². The average molecular weight is 695 g/mol. The van der Waals surface area contributed by atoms with Crippen LogP contribution in [0.5, 0.6) is 11.5 Å². The number of hydrogen-bond acceptors (Lipinski definition) is 4. The molecule has 2 N–H and O–H groups in total. The molecule has 0 spiro atoms. The summed E-state index contributed by atoms with van der Waals surface area (Å²) in [6, 6.07) is 8.38. The molecule has 5 heteroatoms. The van der Waals surface area contributed by atoms with Crippen molar-refractivity contribution in [1.82, 2.24) is 0 Å². The fourth-order valence-corrected chi connectivity index (χ4v) is 5.10. The van der Waals surface area contributed by atoms with E-state index in [2.05, 4.69) is 121 Å². The van der Waals surface area contributed by atoms with Crippen LogP contribution in [0, 0.1) is 12.8 Å². The molecule has 271 valence electrons. The third kappa shape index (κ3) is 16.2. The SMILES string of the molecule is CC(C)(C)C.CCC.CCc1cc(C(C)(C)C)cc(C=NCC2(N=Cc3cc(C(C)(C)C)cc(CC)c3O)CCCCC2)c1O.[CH3-].[Co]. The zero-order chi connectivity index (χ0) is 34.6. The van der Waals surface area contributed by atoms with E-state index in [1.807, 2.05) is 12.4 Å². The molecule has 2 aromatic rings. The molecule has 1 aliphatic rings. The van der Waals surface area contributed by atoms with Crippen molar-refractivity contribution in [3.05, 3.63) is 65.1 Å².